The van der Waals surface area contributed by atoms with Gasteiger partial charge in [-0.15, -0.1) is 0 Å². The first-order chi connectivity index (χ1) is 12.1. The predicted molar refractivity (Wildman–Crippen MR) is 98.5 cm³/mol. The first kappa shape index (κ1) is 17.1. The molecule has 0 saturated carbocycles. The molecule has 2 N–H and O–H groups in total. The Balaban J connectivity index is 1.95. The number of nitrogens with two attached hydrogens (primary N) is 1. The molecule has 5 heteroatoms. The molecule has 0 radical (unpaired) electrons. The topological polar surface area (TPSA) is 64.0 Å². The number of hydrogen-bond acceptors (Lipinski definition) is 5. The minimum atomic E-state index is -0.407. The van der Waals surface area contributed by atoms with Crippen molar-refractivity contribution in [1.82, 2.24) is 4.90 Å². The summed E-state index contributed by atoms with van der Waals surface area (Å²) >= 11 is 0. The fourth-order valence-corrected chi connectivity index (χ4v) is 2.62. The van der Waals surface area contributed by atoms with Crippen LogP contribution in [0.1, 0.15) is 44.0 Å². The van der Waals surface area contributed by atoms with E-state index in [1.54, 1.807) is 13.4 Å². The van der Waals surface area contributed by atoms with Crippen LogP contribution < -0.4 is 10.5 Å². The summed E-state index contributed by atoms with van der Waals surface area (Å²) in [4.78, 5) is 6.45. The zero-order valence-electron chi connectivity index (χ0n) is 14.8. The van der Waals surface area contributed by atoms with Crippen LogP contribution in [0.4, 0.5) is 5.88 Å². The normalized spacial score (nSPS) is 16.1. The summed E-state index contributed by atoms with van der Waals surface area (Å²) in [6.07, 6.45) is 3.08. The van der Waals surface area contributed by atoms with Gasteiger partial charge in [0.2, 0.25) is 5.88 Å². The average Bonchev–Trinajstić information content (AvgIpc) is 3.09. The maximum Gasteiger partial charge on any atom is 0.227 e. The lowest BCUT2D eigenvalue weighted by Gasteiger charge is -2.29. The Morgan fingerprint density at radius 1 is 1.28 bits per heavy atom. The second kappa shape index (κ2) is 7.45. The summed E-state index contributed by atoms with van der Waals surface area (Å²) in [5, 5.41) is 0. The van der Waals surface area contributed by atoms with Crippen LogP contribution in [-0.4, -0.2) is 17.8 Å². The molecule has 25 heavy (non-hydrogen) atoms. The number of ether oxygens (including phenoxy) is 1. The zero-order chi connectivity index (χ0) is 17.8. The number of furan rings is 1. The van der Waals surface area contributed by atoms with Gasteiger partial charge in [0, 0.05) is 18.0 Å². The van der Waals surface area contributed by atoms with Crippen molar-refractivity contribution < 1.29 is 9.15 Å². The van der Waals surface area contributed by atoms with Gasteiger partial charge < -0.3 is 14.9 Å². The van der Waals surface area contributed by atoms with Gasteiger partial charge in [0.05, 0.1) is 18.9 Å². The Kier molecular flexibility index (Phi) is 5.11. The van der Waals surface area contributed by atoms with Gasteiger partial charge in [-0.1, -0.05) is 19.8 Å². The lowest BCUT2D eigenvalue weighted by atomic mass is 10.1. The minimum absolute atomic E-state index is 0.407. The average molecular weight is 337 g/mol. The van der Waals surface area contributed by atoms with Crippen LogP contribution in [0, 0.1) is 17.9 Å². The highest BCUT2D eigenvalue weighted by atomic mass is 16.5. The summed E-state index contributed by atoms with van der Waals surface area (Å²) in [5.74, 6) is 5.87. The van der Waals surface area contributed by atoms with E-state index in [1.165, 1.54) is 0 Å². The number of hydrogen-bond donors (Lipinski definition) is 1. The molecule has 1 aliphatic heterocycles. The van der Waals surface area contributed by atoms with E-state index in [0.29, 0.717) is 17.6 Å². The molecule has 1 atom stereocenters. The van der Waals surface area contributed by atoms with Gasteiger partial charge in [-0.25, -0.2) is 0 Å². The number of rotatable bonds is 4. The van der Waals surface area contributed by atoms with Crippen LogP contribution in [-0.2, 0) is 0 Å². The first-order valence-electron chi connectivity index (χ1n) is 8.44. The van der Waals surface area contributed by atoms with Crippen molar-refractivity contribution in [3.05, 3.63) is 47.7 Å². The summed E-state index contributed by atoms with van der Waals surface area (Å²) in [6, 6.07) is 12.7. The molecule has 3 rings (SSSR count). The lowest BCUT2D eigenvalue weighted by molar-refractivity contribution is 0.414. The van der Waals surface area contributed by atoms with E-state index in [9.17, 15) is 0 Å². The Morgan fingerprint density at radius 3 is 2.72 bits per heavy atom. The third-order valence-corrected chi connectivity index (χ3v) is 4.10. The van der Waals surface area contributed by atoms with E-state index in [4.69, 9.17) is 14.9 Å². The number of benzene rings is 1. The van der Waals surface area contributed by atoms with Gasteiger partial charge in [0.1, 0.15) is 11.9 Å². The molecule has 0 aliphatic carbocycles. The monoisotopic (exact) mass is 337 g/mol. The highest BCUT2D eigenvalue weighted by Gasteiger charge is 2.29. The first-order valence-corrected chi connectivity index (χ1v) is 8.44. The zero-order valence-corrected chi connectivity index (χ0v) is 14.8. The van der Waals surface area contributed by atoms with Gasteiger partial charge >= 0.3 is 0 Å². The molecule has 0 bridgehead atoms. The lowest BCUT2D eigenvalue weighted by Crippen LogP contribution is -2.38. The van der Waals surface area contributed by atoms with Gasteiger partial charge in [-0.05, 0) is 42.7 Å². The van der Waals surface area contributed by atoms with Gasteiger partial charge in [-0.3, -0.25) is 4.90 Å². The number of fused-ring (bicyclic) bond motifs is 1. The largest absolute Gasteiger partial charge is 0.497 e. The van der Waals surface area contributed by atoms with Crippen LogP contribution in [0.15, 0.2) is 46.0 Å². The third-order valence-electron chi connectivity index (χ3n) is 4.10. The third kappa shape index (κ3) is 3.70. The number of nitrogens with zero attached hydrogens (tertiary/aromatic N) is 2. The molecule has 0 saturated heterocycles. The Hall–Kier alpha value is -2.71. The minimum Gasteiger partial charge on any atom is -0.497 e. The van der Waals surface area contributed by atoms with Crippen LogP contribution >= 0.6 is 0 Å². The smallest absolute Gasteiger partial charge is 0.227 e. The van der Waals surface area contributed by atoms with Crippen LogP contribution in [0.5, 0.6) is 5.75 Å². The van der Waals surface area contributed by atoms with Gasteiger partial charge in [-0.2, -0.15) is 4.99 Å². The van der Waals surface area contributed by atoms with Crippen molar-refractivity contribution in [2.24, 2.45) is 16.6 Å². The maximum atomic E-state index is 6.42. The van der Waals surface area contributed by atoms with Crippen molar-refractivity contribution in [3.63, 3.8) is 0 Å². The van der Waals surface area contributed by atoms with E-state index in [-0.39, 0.29) is 0 Å². The van der Waals surface area contributed by atoms with E-state index in [1.807, 2.05) is 35.2 Å². The summed E-state index contributed by atoms with van der Waals surface area (Å²) in [7, 11) is 1.64. The Labute approximate surface area is 148 Å². The number of methoxy groups -OCH3 is 1. The quantitative estimate of drug-likeness (QED) is 0.855. The Bertz CT molecular complexity index is 809. The molecule has 2 aromatic rings. The molecule has 0 spiro atoms. The van der Waals surface area contributed by atoms with Crippen LogP contribution in [0.25, 0.3) is 0 Å². The molecule has 2 heterocycles. The molecule has 130 valence electrons. The summed E-state index contributed by atoms with van der Waals surface area (Å²) < 4.78 is 10.7. The molecule has 0 amide bonds. The van der Waals surface area contributed by atoms with Crippen molar-refractivity contribution >= 4 is 11.7 Å². The number of amidine groups is 1. The maximum absolute atomic E-state index is 6.42. The SMILES string of the molecule is COc1ccc(C2=Nc3occc3C(N)N2C#CCCC(C)C)cc1. The molecular formula is C20H23N3O2. The number of aliphatic imine (C=N–C) groups is 1. The van der Waals surface area contributed by atoms with E-state index < -0.39 is 6.17 Å². The van der Waals surface area contributed by atoms with Crippen molar-refractivity contribution in [2.45, 2.75) is 32.9 Å². The summed E-state index contributed by atoms with van der Waals surface area (Å²) in [5.41, 5.74) is 8.18. The standard InChI is InChI=1S/C20H23N3O2/c1-14(2)6-4-5-12-23-18(21)17-11-13-25-20(17)22-19(23)15-7-9-16(24-3)10-8-15/h7-11,13-14,18H,4,6,21H2,1-3H3. The fourth-order valence-electron chi connectivity index (χ4n) is 2.62. The highest BCUT2D eigenvalue weighted by Crippen LogP contribution is 2.34. The van der Waals surface area contributed by atoms with Gasteiger partial charge in [0.25, 0.3) is 0 Å². The molecule has 1 aliphatic rings. The van der Waals surface area contributed by atoms with Crippen LogP contribution in [0.3, 0.4) is 0 Å². The highest BCUT2D eigenvalue weighted by molar-refractivity contribution is 6.02. The molecule has 1 aromatic carbocycles. The van der Waals surface area contributed by atoms with E-state index in [0.717, 1.165) is 29.7 Å². The molecule has 0 fully saturated rings. The van der Waals surface area contributed by atoms with Crippen molar-refractivity contribution in [1.29, 1.82) is 0 Å². The predicted octanol–water partition coefficient (Wildman–Crippen LogP) is 4.04. The molecular weight excluding hydrogens is 314 g/mol. The fraction of sp³-hybridized carbons (Fsp3) is 0.350. The van der Waals surface area contributed by atoms with Crippen molar-refractivity contribution in [2.75, 3.05) is 7.11 Å². The molecule has 1 unspecified atom stereocenters. The molecule has 1 aromatic heterocycles. The van der Waals surface area contributed by atoms with Gasteiger partial charge in [0.15, 0.2) is 5.84 Å². The van der Waals surface area contributed by atoms with E-state index in [2.05, 4.69) is 30.8 Å². The van der Waals surface area contributed by atoms with Crippen LogP contribution in [0.2, 0.25) is 0 Å². The molecule has 5 nitrogen and oxygen atoms in total. The summed E-state index contributed by atoms with van der Waals surface area (Å²) in [6.45, 7) is 4.38. The Morgan fingerprint density at radius 2 is 2.04 bits per heavy atom. The van der Waals surface area contributed by atoms with Crippen molar-refractivity contribution in [3.8, 4) is 17.7 Å². The van der Waals surface area contributed by atoms with E-state index >= 15 is 0 Å². The second-order valence-electron chi connectivity index (χ2n) is 6.38. The second-order valence-corrected chi connectivity index (χ2v) is 6.38.